The van der Waals surface area contributed by atoms with Gasteiger partial charge in [0.1, 0.15) is 12.1 Å². The molecule has 2 aromatic carbocycles. The molecule has 3 aromatic rings. The monoisotopic (exact) mass is 774 g/mol. The first-order valence-electron chi connectivity index (χ1n) is 19.2. The molecule has 13 heteroatoms. The van der Waals surface area contributed by atoms with Gasteiger partial charge in [-0.3, -0.25) is 24.0 Å². The van der Waals surface area contributed by atoms with Crippen LogP contribution in [0, 0.1) is 25.2 Å². The van der Waals surface area contributed by atoms with Gasteiger partial charge in [-0.1, -0.05) is 64.4 Å². The summed E-state index contributed by atoms with van der Waals surface area (Å²) in [7, 11) is 0. The van der Waals surface area contributed by atoms with Gasteiger partial charge in [-0.15, -0.1) is 11.3 Å². The van der Waals surface area contributed by atoms with Crippen LogP contribution in [0.1, 0.15) is 108 Å². The molecular formula is C42H58N6O6S. The van der Waals surface area contributed by atoms with Crippen molar-refractivity contribution in [3.05, 3.63) is 70.4 Å². The zero-order valence-electron chi connectivity index (χ0n) is 33.2. The number of unbranched alkanes of at least 4 members (excludes halogenated alkanes) is 2. The summed E-state index contributed by atoms with van der Waals surface area (Å²) in [5.41, 5.74) is 12.1. The standard InChI is InChI=1S/C42H58N6O6S/c1-25-19-29(21-32(20-25)46-39(52)26(2)13-18-35(43)50)11-9-8-10-12-36(51)47-38(42(5,6)7)41(54)48-23-33(49)22-34(48)40(53)45-27(3)30-14-16-31(17-15-30)37-28(4)44-24-55-37/h14-17,19-21,24,26-27,33-34,38,49H,8-13,18,22-23H2,1-7H3,(H2,43,50)(H,45,53)(H,46,52)(H,47,51)/t26-,27-,33+,34-,38+/m0/s1. The molecule has 4 rings (SSSR count). The molecule has 0 unspecified atom stereocenters. The van der Waals surface area contributed by atoms with E-state index in [2.05, 4.69) is 27.0 Å². The molecule has 12 nitrogen and oxygen atoms in total. The van der Waals surface area contributed by atoms with Gasteiger partial charge >= 0.3 is 0 Å². The quantitative estimate of drug-likeness (QED) is 0.108. The predicted octanol–water partition coefficient (Wildman–Crippen LogP) is 5.74. The number of carbonyl (C=O) groups excluding carboxylic acids is 5. The number of anilines is 1. The lowest BCUT2D eigenvalue weighted by Gasteiger charge is -2.35. The molecule has 0 spiro atoms. The smallest absolute Gasteiger partial charge is 0.246 e. The molecule has 0 saturated carbocycles. The maximum absolute atomic E-state index is 14.0. The van der Waals surface area contributed by atoms with Crippen molar-refractivity contribution in [2.45, 2.75) is 124 Å². The zero-order valence-corrected chi connectivity index (χ0v) is 34.1. The van der Waals surface area contributed by atoms with Gasteiger partial charge in [0.25, 0.3) is 0 Å². The molecule has 0 aliphatic carbocycles. The van der Waals surface area contributed by atoms with Crippen molar-refractivity contribution in [3.63, 3.8) is 0 Å². The van der Waals surface area contributed by atoms with E-state index in [0.717, 1.165) is 52.1 Å². The van der Waals surface area contributed by atoms with Gasteiger partial charge in [0.15, 0.2) is 0 Å². The van der Waals surface area contributed by atoms with E-state index < -0.39 is 29.5 Å². The summed E-state index contributed by atoms with van der Waals surface area (Å²) in [6, 6.07) is 11.8. The summed E-state index contributed by atoms with van der Waals surface area (Å²) in [5, 5.41) is 19.5. The number of β-amino-alcohol motifs (C(OH)–C–C–N with tert-alkyl or cyclic N) is 1. The molecule has 298 valence electrons. The maximum Gasteiger partial charge on any atom is 0.246 e. The number of benzene rings is 2. The number of hydrogen-bond acceptors (Lipinski definition) is 8. The average molecular weight is 775 g/mol. The summed E-state index contributed by atoms with van der Waals surface area (Å²) >= 11 is 1.58. The van der Waals surface area contributed by atoms with Crippen LogP contribution in [-0.2, 0) is 30.4 Å². The van der Waals surface area contributed by atoms with E-state index in [-0.39, 0.29) is 61.4 Å². The highest BCUT2D eigenvalue weighted by molar-refractivity contribution is 7.13. The second kappa shape index (κ2) is 19.3. The number of primary amides is 1. The van der Waals surface area contributed by atoms with Gasteiger partial charge in [0.2, 0.25) is 29.5 Å². The first kappa shape index (κ1) is 43.1. The summed E-state index contributed by atoms with van der Waals surface area (Å²) < 4.78 is 0. The molecule has 1 aromatic heterocycles. The Morgan fingerprint density at radius 3 is 2.33 bits per heavy atom. The van der Waals surface area contributed by atoms with E-state index in [4.69, 9.17) is 5.73 Å². The minimum absolute atomic E-state index is 0.00925. The lowest BCUT2D eigenvalue weighted by Crippen LogP contribution is -2.57. The molecule has 1 saturated heterocycles. The fourth-order valence-corrected chi connectivity index (χ4v) is 7.69. The van der Waals surface area contributed by atoms with Crippen molar-refractivity contribution < 1.29 is 29.1 Å². The van der Waals surface area contributed by atoms with Crippen molar-refractivity contribution in [1.29, 1.82) is 0 Å². The van der Waals surface area contributed by atoms with Crippen LogP contribution in [0.15, 0.2) is 48.0 Å². The molecule has 0 radical (unpaired) electrons. The largest absolute Gasteiger partial charge is 0.391 e. The highest BCUT2D eigenvalue weighted by Gasteiger charge is 2.44. The average Bonchev–Trinajstić information content (AvgIpc) is 3.73. The number of nitrogens with zero attached hydrogens (tertiary/aromatic N) is 2. The van der Waals surface area contributed by atoms with E-state index in [1.54, 1.807) is 18.3 Å². The number of aliphatic hydroxyl groups excluding tert-OH is 1. The van der Waals surface area contributed by atoms with Gasteiger partial charge in [-0.2, -0.15) is 0 Å². The molecular weight excluding hydrogens is 717 g/mol. The van der Waals surface area contributed by atoms with Crippen molar-refractivity contribution in [3.8, 4) is 10.4 Å². The maximum atomic E-state index is 14.0. The minimum atomic E-state index is -0.889. The second-order valence-electron chi connectivity index (χ2n) is 16.0. The van der Waals surface area contributed by atoms with Gasteiger partial charge < -0.3 is 31.7 Å². The molecule has 55 heavy (non-hydrogen) atoms. The molecule has 5 atom stereocenters. The number of hydrogen-bond donors (Lipinski definition) is 5. The van der Waals surface area contributed by atoms with Crippen LogP contribution in [0.3, 0.4) is 0 Å². The molecule has 2 heterocycles. The van der Waals surface area contributed by atoms with E-state index in [1.807, 2.05) is 83.5 Å². The fraction of sp³-hybridized carbons (Fsp3) is 0.524. The molecule has 1 aliphatic heterocycles. The Morgan fingerprint density at radius 2 is 1.69 bits per heavy atom. The van der Waals surface area contributed by atoms with Crippen molar-refractivity contribution in [2.75, 3.05) is 11.9 Å². The lowest BCUT2D eigenvalue weighted by atomic mass is 9.85. The van der Waals surface area contributed by atoms with Crippen molar-refractivity contribution in [1.82, 2.24) is 20.5 Å². The number of likely N-dealkylation sites (tertiary alicyclic amines) is 1. The van der Waals surface area contributed by atoms with Gasteiger partial charge in [0, 0.05) is 37.4 Å². The van der Waals surface area contributed by atoms with Gasteiger partial charge in [-0.25, -0.2) is 4.98 Å². The normalized spacial score (nSPS) is 17.3. The lowest BCUT2D eigenvalue weighted by molar-refractivity contribution is -0.144. The number of nitrogens with one attached hydrogen (secondary N) is 3. The SMILES string of the molecule is Cc1cc(CCCCCC(=O)N[C@H](C(=O)N2C[C@H](O)C[C@H]2C(=O)N[C@@H](C)c2ccc(-c3scnc3C)cc2)C(C)(C)C)cc(NC(=O)[C@@H](C)CCC(N)=O)c1. The van der Waals surface area contributed by atoms with Crippen molar-refractivity contribution in [2.24, 2.45) is 17.1 Å². The van der Waals surface area contributed by atoms with E-state index in [9.17, 15) is 29.1 Å². The molecule has 6 N–H and O–H groups in total. The Balaban J connectivity index is 1.28. The van der Waals surface area contributed by atoms with Crippen LogP contribution in [0.4, 0.5) is 5.69 Å². The molecule has 5 amide bonds. The number of amides is 5. The molecule has 1 aliphatic rings. The highest BCUT2D eigenvalue weighted by Crippen LogP contribution is 2.30. The molecule has 1 fully saturated rings. The Hall–Kier alpha value is -4.62. The zero-order chi connectivity index (χ0) is 40.4. The third-order valence-corrected chi connectivity index (χ3v) is 11.1. The van der Waals surface area contributed by atoms with Crippen LogP contribution in [0.2, 0.25) is 0 Å². The first-order valence-corrected chi connectivity index (χ1v) is 20.1. The van der Waals surface area contributed by atoms with Gasteiger partial charge in [-0.05, 0) is 86.3 Å². The number of carbonyl (C=O) groups is 5. The second-order valence-corrected chi connectivity index (χ2v) is 16.9. The number of rotatable bonds is 17. The first-order chi connectivity index (χ1) is 25.9. The van der Waals surface area contributed by atoms with Crippen LogP contribution in [-0.4, -0.2) is 69.3 Å². The van der Waals surface area contributed by atoms with Gasteiger partial charge in [0.05, 0.1) is 28.2 Å². The van der Waals surface area contributed by atoms with E-state index in [0.29, 0.717) is 18.5 Å². The molecule has 0 bridgehead atoms. The van der Waals surface area contributed by atoms with Crippen LogP contribution in [0.25, 0.3) is 10.4 Å². The summed E-state index contributed by atoms with van der Waals surface area (Å²) in [6.45, 7) is 13.2. The Morgan fingerprint density at radius 1 is 0.982 bits per heavy atom. The topological polar surface area (TPSA) is 184 Å². The Labute approximate surface area is 329 Å². The summed E-state index contributed by atoms with van der Waals surface area (Å²) in [5.74, 6) is -1.92. The number of aromatic nitrogens is 1. The predicted molar refractivity (Wildman–Crippen MR) is 216 cm³/mol. The van der Waals surface area contributed by atoms with Crippen LogP contribution < -0.4 is 21.7 Å². The van der Waals surface area contributed by atoms with E-state index in [1.165, 1.54) is 4.90 Å². The highest BCUT2D eigenvalue weighted by atomic mass is 32.1. The van der Waals surface area contributed by atoms with Crippen molar-refractivity contribution >= 4 is 46.6 Å². The third-order valence-electron chi connectivity index (χ3n) is 10.1. The summed E-state index contributed by atoms with van der Waals surface area (Å²) in [4.78, 5) is 71.4. The Kier molecular flexibility index (Phi) is 15.1. The number of aryl methyl sites for hydroxylation is 3. The Bertz CT molecular complexity index is 1820. The summed E-state index contributed by atoms with van der Waals surface area (Å²) in [6.07, 6.45) is 3.06. The van der Waals surface area contributed by atoms with Crippen LogP contribution >= 0.6 is 11.3 Å². The van der Waals surface area contributed by atoms with Crippen LogP contribution in [0.5, 0.6) is 0 Å². The number of thiazole rings is 1. The number of aliphatic hydroxyl groups is 1. The third kappa shape index (κ3) is 12.4. The minimum Gasteiger partial charge on any atom is -0.391 e. The van der Waals surface area contributed by atoms with E-state index >= 15 is 0 Å². The number of nitrogens with two attached hydrogens (primary N) is 1. The fourth-order valence-electron chi connectivity index (χ4n) is 6.87.